The molecule has 0 atom stereocenters. The molecule has 6 nitrogen and oxygen atoms in total. The Morgan fingerprint density at radius 2 is 1.74 bits per heavy atom. The summed E-state index contributed by atoms with van der Waals surface area (Å²) in [6, 6.07) is 13.0. The molecule has 0 aromatic heterocycles. The molecular weight excluding hydrogens is 368 g/mol. The summed E-state index contributed by atoms with van der Waals surface area (Å²) in [5.41, 5.74) is 1.09. The van der Waals surface area contributed by atoms with Crippen LogP contribution in [0.25, 0.3) is 6.08 Å². The van der Waals surface area contributed by atoms with E-state index >= 15 is 0 Å². The zero-order valence-electron chi connectivity index (χ0n) is 14.5. The Kier molecular flexibility index (Phi) is 6.11. The maximum Gasteiger partial charge on any atom is 0.270 e. The average Bonchev–Trinajstić information content (AvgIpc) is 2.69. The average molecular weight is 387 g/mol. The molecule has 1 fully saturated rings. The minimum absolute atomic E-state index is 0.119. The van der Waals surface area contributed by atoms with E-state index < -0.39 is 5.91 Å². The zero-order chi connectivity index (χ0) is 19.2. The van der Waals surface area contributed by atoms with Crippen LogP contribution in [-0.2, 0) is 9.53 Å². The van der Waals surface area contributed by atoms with E-state index in [9.17, 15) is 14.7 Å². The molecule has 1 aliphatic rings. The predicted octanol–water partition coefficient (Wildman–Crippen LogP) is 2.68. The highest BCUT2D eigenvalue weighted by Gasteiger charge is 2.23. The Bertz CT molecular complexity index is 859. The fourth-order valence-corrected chi connectivity index (χ4v) is 2.88. The van der Waals surface area contributed by atoms with Crippen LogP contribution in [0.3, 0.4) is 0 Å². The first-order chi connectivity index (χ1) is 13.0. The van der Waals surface area contributed by atoms with Gasteiger partial charge in [-0.25, -0.2) is 0 Å². The molecular formula is C20H19ClN2O4. The molecule has 0 unspecified atom stereocenters. The number of morpholine rings is 1. The van der Waals surface area contributed by atoms with Gasteiger partial charge in [-0.2, -0.15) is 0 Å². The normalized spacial score (nSPS) is 14.7. The van der Waals surface area contributed by atoms with Crippen molar-refractivity contribution in [3.8, 4) is 5.75 Å². The van der Waals surface area contributed by atoms with Gasteiger partial charge in [0.15, 0.2) is 0 Å². The standard InChI is InChI=1S/C20H19ClN2O4/c21-17-4-2-1-3-16(17)19(25)22-18(13-14-5-7-15(24)8-6-14)20(26)23-9-11-27-12-10-23/h1-8,13,24H,9-12H2,(H,22,25). The van der Waals surface area contributed by atoms with Gasteiger partial charge < -0.3 is 20.1 Å². The highest BCUT2D eigenvalue weighted by molar-refractivity contribution is 6.34. The van der Waals surface area contributed by atoms with Gasteiger partial charge in [0.05, 0.1) is 23.8 Å². The van der Waals surface area contributed by atoms with Crippen LogP contribution >= 0.6 is 11.6 Å². The summed E-state index contributed by atoms with van der Waals surface area (Å²) in [6.07, 6.45) is 1.58. The molecule has 0 aliphatic carbocycles. The number of ether oxygens (including phenoxy) is 1. The van der Waals surface area contributed by atoms with Crippen molar-refractivity contribution < 1.29 is 19.4 Å². The highest BCUT2D eigenvalue weighted by Crippen LogP contribution is 2.17. The van der Waals surface area contributed by atoms with Gasteiger partial charge >= 0.3 is 0 Å². The second kappa shape index (κ2) is 8.70. The zero-order valence-corrected chi connectivity index (χ0v) is 15.3. The van der Waals surface area contributed by atoms with E-state index in [1.54, 1.807) is 47.4 Å². The van der Waals surface area contributed by atoms with Gasteiger partial charge in [0, 0.05) is 13.1 Å². The topological polar surface area (TPSA) is 78.9 Å². The number of nitrogens with zero attached hydrogens (tertiary/aromatic N) is 1. The third-order valence-corrected chi connectivity index (χ3v) is 4.43. The summed E-state index contributed by atoms with van der Waals surface area (Å²) in [4.78, 5) is 27.2. The van der Waals surface area contributed by atoms with Gasteiger partial charge in [-0.1, -0.05) is 35.9 Å². The number of phenolic OH excluding ortho intramolecular Hbond substituents is 1. The number of nitrogens with one attached hydrogen (secondary N) is 1. The maximum absolute atomic E-state index is 12.9. The molecule has 7 heteroatoms. The number of benzene rings is 2. The molecule has 0 spiro atoms. The van der Waals surface area contributed by atoms with E-state index in [0.29, 0.717) is 36.9 Å². The van der Waals surface area contributed by atoms with E-state index in [0.717, 1.165) is 0 Å². The summed E-state index contributed by atoms with van der Waals surface area (Å²) in [6.45, 7) is 1.81. The first-order valence-corrected chi connectivity index (χ1v) is 8.86. The van der Waals surface area contributed by atoms with Crippen molar-refractivity contribution in [3.63, 3.8) is 0 Å². The fraction of sp³-hybridized carbons (Fsp3) is 0.200. The maximum atomic E-state index is 12.9. The molecule has 1 heterocycles. The van der Waals surface area contributed by atoms with Gasteiger partial charge in [0.1, 0.15) is 11.4 Å². The highest BCUT2D eigenvalue weighted by atomic mass is 35.5. The van der Waals surface area contributed by atoms with Crippen molar-refractivity contribution in [2.75, 3.05) is 26.3 Å². The fourth-order valence-electron chi connectivity index (χ4n) is 2.66. The lowest BCUT2D eigenvalue weighted by Gasteiger charge is -2.28. The van der Waals surface area contributed by atoms with Crippen molar-refractivity contribution >= 4 is 29.5 Å². The molecule has 0 bridgehead atoms. The van der Waals surface area contributed by atoms with Crippen LogP contribution in [0.5, 0.6) is 5.75 Å². The van der Waals surface area contributed by atoms with Gasteiger partial charge in [-0.3, -0.25) is 9.59 Å². The van der Waals surface area contributed by atoms with Crippen molar-refractivity contribution in [2.45, 2.75) is 0 Å². The van der Waals surface area contributed by atoms with Crippen molar-refractivity contribution in [2.24, 2.45) is 0 Å². The van der Waals surface area contributed by atoms with E-state index in [1.165, 1.54) is 12.1 Å². The minimum atomic E-state index is -0.466. The number of phenols is 1. The number of carbonyl (C=O) groups excluding carboxylic acids is 2. The Hall–Kier alpha value is -2.83. The Balaban J connectivity index is 1.89. The largest absolute Gasteiger partial charge is 0.508 e. The monoisotopic (exact) mass is 386 g/mol. The molecule has 2 aromatic rings. The SMILES string of the molecule is O=C(NC(=Cc1ccc(O)cc1)C(=O)N1CCOCC1)c1ccccc1Cl. The third kappa shape index (κ3) is 4.87. The molecule has 1 saturated heterocycles. The van der Waals surface area contributed by atoms with Crippen LogP contribution in [0, 0.1) is 0 Å². The lowest BCUT2D eigenvalue weighted by Crippen LogP contribution is -2.44. The predicted molar refractivity (Wildman–Crippen MR) is 102 cm³/mol. The van der Waals surface area contributed by atoms with E-state index in [-0.39, 0.29) is 22.9 Å². The van der Waals surface area contributed by atoms with E-state index in [4.69, 9.17) is 16.3 Å². The molecule has 3 rings (SSSR count). The van der Waals surface area contributed by atoms with Gasteiger partial charge in [0.2, 0.25) is 0 Å². The number of halogens is 1. The molecule has 27 heavy (non-hydrogen) atoms. The van der Waals surface area contributed by atoms with E-state index in [2.05, 4.69) is 5.32 Å². The Morgan fingerprint density at radius 3 is 2.41 bits per heavy atom. The second-order valence-electron chi connectivity index (χ2n) is 5.99. The minimum Gasteiger partial charge on any atom is -0.508 e. The molecule has 0 radical (unpaired) electrons. The molecule has 2 amide bonds. The number of rotatable bonds is 4. The summed E-state index contributed by atoms with van der Waals surface area (Å²) >= 11 is 6.09. The summed E-state index contributed by atoms with van der Waals surface area (Å²) in [5.74, 6) is -0.646. The summed E-state index contributed by atoms with van der Waals surface area (Å²) in [5, 5.41) is 12.4. The Labute approximate surface area is 162 Å². The summed E-state index contributed by atoms with van der Waals surface area (Å²) in [7, 11) is 0. The molecule has 0 saturated carbocycles. The van der Waals surface area contributed by atoms with Crippen LogP contribution in [0.2, 0.25) is 5.02 Å². The van der Waals surface area contributed by atoms with Crippen molar-refractivity contribution in [1.29, 1.82) is 0 Å². The van der Waals surface area contributed by atoms with Crippen molar-refractivity contribution in [1.82, 2.24) is 10.2 Å². The lowest BCUT2D eigenvalue weighted by molar-refractivity contribution is -0.131. The van der Waals surface area contributed by atoms with Crippen LogP contribution in [0.1, 0.15) is 15.9 Å². The number of amides is 2. The quantitative estimate of drug-likeness (QED) is 0.792. The molecule has 140 valence electrons. The van der Waals surface area contributed by atoms with Gasteiger partial charge in [-0.05, 0) is 35.9 Å². The third-order valence-electron chi connectivity index (χ3n) is 4.10. The van der Waals surface area contributed by atoms with Crippen LogP contribution in [0.15, 0.2) is 54.2 Å². The Morgan fingerprint density at radius 1 is 1.07 bits per heavy atom. The van der Waals surface area contributed by atoms with E-state index in [1.807, 2.05) is 0 Å². The first-order valence-electron chi connectivity index (χ1n) is 8.48. The second-order valence-corrected chi connectivity index (χ2v) is 6.40. The number of hydrogen-bond acceptors (Lipinski definition) is 4. The van der Waals surface area contributed by atoms with Gasteiger partial charge in [0.25, 0.3) is 11.8 Å². The molecule has 2 N–H and O–H groups in total. The number of carbonyl (C=O) groups is 2. The first kappa shape index (κ1) is 18.9. The number of aromatic hydroxyl groups is 1. The lowest BCUT2D eigenvalue weighted by atomic mass is 10.1. The van der Waals surface area contributed by atoms with Crippen LogP contribution in [0.4, 0.5) is 0 Å². The molecule has 1 aliphatic heterocycles. The van der Waals surface area contributed by atoms with Gasteiger partial charge in [-0.15, -0.1) is 0 Å². The van der Waals surface area contributed by atoms with Crippen molar-refractivity contribution in [3.05, 3.63) is 70.4 Å². The smallest absolute Gasteiger partial charge is 0.270 e. The van der Waals surface area contributed by atoms with Crippen LogP contribution < -0.4 is 5.32 Å². The molecule has 2 aromatic carbocycles. The number of hydrogen-bond donors (Lipinski definition) is 2. The van der Waals surface area contributed by atoms with Crippen LogP contribution in [-0.4, -0.2) is 48.1 Å². The summed E-state index contributed by atoms with van der Waals surface area (Å²) < 4.78 is 5.28.